The molecule has 0 radical (unpaired) electrons. The second kappa shape index (κ2) is 10.9. The number of aliphatic hydroxyl groups is 1. The molecule has 1 unspecified atom stereocenters. The van der Waals surface area contributed by atoms with Crippen LogP contribution in [0.5, 0.6) is 11.5 Å². The number of aliphatic hydroxyl groups excluding tert-OH is 1. The van der Waals surface area contributed by atoms with Gasteiger partial charge in [0.05, 0.1) is 13.2 Å². The summed E-state index contributed by atoms with van der Waals surface area (Å²) in [5.74, 6) is 1.52. The Morgan fingerprint density at radius 3 is 2.20 bits per heavy atom. The van der Waals surface area contributed by atoms with Crippen LogP contribution in [0, 0.1) is 0 Å². The lowest BCUT2D eigenvalue weighted by atomic mass is 10.1. The van der Waals surface area contributed by atoms with Crippen LogP contribution in [0.4, 0.5) is 0 Å². The number of unbranched alkanes of at least 4 members (excludes halogenated alkanes) is 1. The van der Waals surface area contributed by atoms with Crippen molar-refractivity contribution < 1.29 is 24.1 Å². The van der Waals surface area contributed by atoms with Gasteiger partial charge < -0.3 is 24.1 Å². The molecule has 0 saturated carbocycles. The van der Waals surface area contributed by atoms with Crippen LogP contribution >= 0.6 is 0 Å². The number of methoxy groups -OCH3 is 1. The van der Waals surface area contributed by atoms with Gasteiger partial charge in [0.1, 0.15) is 30.8 Å². The summed E-state index contributed by atoms with van der Waals surface area (Å²) in [6.45, 7) is 4.29. The minimum absolute atomic E-state index is 0.194. The van der Waals surface area contributed by atoms with Crippen molar-refractivity contribution in [3.8, 4) is 11.5 Å². The van der Waals surface area contributed by atoms with Gasteiger partial charge in [0.15, 0.2) is 0 Å². The highest BCUT2D eigenvalue weighted by Gasteiger charge is 2.10. The molecule has 2 rings (SSSR count). The van der Waals surface area contributed by atoms with Crippen LogP contribution in [0.3, 0.4) is 0 Å². The second-order valence-corrected chi connectivity index (χ2v) is 5.84. The third-order valence-corrected chi connectivity index (χ3v) is 3.77. The van der Waals surface area contributed by atoms with E-state index in [1.165, 1.54) is 0 Å². The first-order valence-electron chi connectivity index (χ1n) is 8.78. The van der Waals surface area contributed by atoms with E-state index in [2.05, 4.69) is 6.92 Å². The Kier molecular flexibility index (Phi) is 8.52. The highest BCUT2D eigenvalue weighted by atomic mass is 16.5. The molecule has 25 heavy (non-hydrogen) atoms. The molecule has 0 heterocycles. The number of hydrogen-bond donors (Lipinski definition) is 1. The van der Waals surface area contributed by atoms with Gasteiger partial charge >= 0.3 is 0 Å². The van der Waals surface area contributed by atoms with Crippen LogP contribution in [-0.2, 0) is 9.47 Å². The van der Waals surface area contributed by atoms with E-state index in [0.29, 0.717) is 19.8 Å². The maximum atomic E-state index is 9.99. The molecule has 1 N–H and O–H groups in total. The largest absolute Gasteiger partial charge is 0.491 e. The third-order valence-electron chi connectivity index (χ3n) is 3.77. The van der Waals surface area contributed by atoms with Crippen molar-refractivity contribution in [2.45, 2.75) is 25.9 Å². The maximum Gasteiger partial charge on any atom is 0.127 e. The summed E-state index contributed by atoms with van der Waals surface area (Å²) in [5.41, 5.74) is 0. The Hall–Kier alpha value is -1.82. The van der Waals surface area contributed by atoms with Gasteiger partial charge in [-0.15, -0.1) is 0 Å². The summed E-state index contributed by atoms with van der Waals surface area (Å²) in [7, 11) is 1.65. The van der Waals surface area contributed by atoms with Crippen molar-refractivity contribution in [1.29, 1.82) is 0 Å². The molecule has 5 nitrogen and oxygen atoms in total. The second-order valence-electron chi connectivity index (χ2n) is 5.84. The Morgan fingerprint density at radius 1 is 0.880 bits per heavy atom. The lowest BCUT2D eigenvalue weighted by Crippen LogP contribution is -2.23. The van der Waals surface area contributed by atoms with E-state index in [1.54, 1.807) is 7.11 Å². The van der Waals surface area contributed by atoms with Gasteiger partial charge in [-0.1, -0.05) is 37.6 Å². The molecular weight excluding hydrogens is 320 g/mol. The standard InChI is InChI=1S/C20H28O5/c1-3-4-11-23-14-16(21)15-25-20-10-9-19(24-13-12-22-2)17-7-5-6-8-18(17)20/h5-10,16,21H,3-4,11-15H2,1-2H3. The molecular formula is C20H28O5. The summed E-state index contributed by atoms with van der Waals surface area (Å²) >= 11 is 0. The molecule has 2 aromatic carbocycles. The van der Waals surface area contributed by atoms with Gasteiger partial charge in [-0.3, -0.25) is 0 Å². The zero-order valence-electron chi connectivity index (χ0n) is 15.1. The Bertz CT molecular complexity index is 629. The topological polar surface area (TPSA) is 57.2 Å². The van der Waals surface area contributed by atoms with Crippen LogP contribution in [0.2, 0.25) is 0 Å². The van der Waals surface area contributed by atoms with Gasteiger partial charge in [-0.25, -0.2) is 0 Å². The van der Waals surface area contributed by atoms with Crippen molar-refractivity contribution in [2.24, 2.45) is 0 Å². The molecule has 0 bridgehead atoms. The van der Waals surface area contributed by atoms with Crippen molar-refractivity contribution in [2.75, 3.05) is 40.1 Å². The number of benzene rings is 2. The Balaban J connectivity index is 1.98. The molecule has 5 heteroatoms. The SMILES string of the molecule is CCCCOCC(O)COc1ccc(OCCOC)c2ccccc12. The average molecular weight is 348 g/mol. The predicted octanol–water partition coefficient (Wildman–Crippen LogP) is 3.42. The molecule has 0 saturated heterocycles. The molecule has 0 aliphatic heterocycles. The molecule has 0 fully saturated rings. The highest BCUT2D eigenvalue weighted by Crippen LogP contribution is 2.33. The fraction of sp³-hybridized carbons (Fsp3) is 0.500. The van der Waals surface area contributed by atoms with E-state index >= 15 is 0 Å². The fourth-order valence-electron chi connectivity index (χ4n) is 2.43. The van der Waals surface area contributed by atoms with E-state index in [9.17, 15) is 5.11 Å². The summed E-state index contributed by atoms with van der Waals surface area (Å²) in [6.07, 6.45) is 1.44. The Labute approximate surface area is 149 Å². The van der Waals surface area contributed by atoms with Gasteiger partial charge in [-0.2, -0.15) is 0 Å². The van der Waals surface area contributed by atoms with Gasteiger partial charge in [0.2, 0.25) is 0 Å². The number of fused-ring (bicyclic) bond motifs is 1. The molecule has 1 atom stereocenters. The van der Waals surface area contributed by atoms with Crippen LogP contribution in [0.1, 0.15) is 19.8 Å². The van der Waals surface area contributed by atoms with E-state index < -0.39 is 6.10 Å². The summed E-state index contributed by atoms with van der Waals surface area (Å²) in [6, 6.07) is 11.7. The summed E-state index contributed by atoms with van der Waals surface area (Å²) in [4.78, 5) is 0. The molecule has 0 aromatic heterocycles. The normalized spacial score (nSPS) is 12.3. The fourth-order valence-corrected chi connectivity index (χ4v) is 2.43. The third kappa shape index (κ3) is 6.20. The first kappa shape index (κ1) is 19.5. The van der Waals surface area contributed by atoms with Crippen molar-refractivity contribution in [3.05, 3.63) is 36.4 Å². The van der Waals surface area contributed by atoms with Crippen LogP contribution in [0.25, 0.3) is 10.8 Å². The summed E-state index contributed by atoms with van der Waals surface area (Å²) in [5, 5.41) is 11.9. The van der Waals surface area contributed by atoms with Gasteiger partial charge in [-0.05, 0) is 18.6 Å². The molecule has 2 aromatic rings. The predicted molar refractivity (Wildman–Crippen MR) is 98.5 cm³/mol. The van der Waals surface area contributed by atoms with Crippen molar-refractivity contribution >= 4 is 10.8 Å². The number of ether oxygens (including phenoxy) is 4. The number of rotatable bonds is 12. The monoisotopic (exact) mass is 348 g/mol. The van der Waals surface area contributed by atoms with Crippen molar-refractivity contribution in [1.82, 2.24) is 0 Å². The van der Waals surface area contributed by atoms with Gasteiger partial charge in [0.25, 0.3) is 0 Å². The first-order valence-corrected chi connectivity index (χ1v) is 8.78. The lowest BCUT2D eigenvalue weighted by Gasteiger charge is -2.16. The average Bonchev–Trinajstić information content (AvgIpc) is 2.64. The van der Waals surface area contributed by atoms with E-state index in [4.69, 9.17) is 18.9 Å². The smallest absolute Gasteiger partial charge is 0.127 e. The van der Waals surface area contributed by atoms with Gasteiger partial charge in [0, 0.05) is 24.5 Å². The zero-order chi connectivity index (χ0) is 17.9. The summed E-state index contributed by atoms with van der Waals surface area (Å²) < 4.78 is 22.0. The van der Waals surface area contributed by atoms with Crippen molar-refractivity contribution in [3.63, 3.8) is 0 Å². The lowest BCUT2D eigenvalue weighted by molar-refractivity contribution is 0.0116. The molecule has 0 aliphatic carbocycles. The molecule has 138 valence electrons. The van der Waals surface area contributed by atoms with E-state index in [-0.39, 0.29) is 13.2 Å². The van der Waals surface area contributed by atoms with Crippen LogP contribution in [0.15, 0.2) is 36.4 Å². The highest BCUT2D eigenvalue weighted by molar-refractivity contribution is 5.93. The quantitative estimate of drug-likeness (QED) is 0.596. The van der Waals surface area contributed by atoms with E-state index in [1.807, 2.05) is 36.4 Å². The zero-order valence-corrected chi connectivity index (χ0v) is 15.1. The maximum absolute atomic E-state index is 9.99. The van der Waals surface area contributed by atoms with Crippen LogP contribution in [-0.4, -0.2) is 51.4 Å². The Morgan fingerprint density at radius 2 is 1.56 bits per heavy atom. The first-order chi connectivity index (χ1) is 12.3. The minimum atomic E-state index is -0.645. The molecule has 0 spiro atoms. The minimum Gasteiger partial charge on any atom is -0.491 e. The number of hydrogen-bond acceptors (Lipinski definition) is 5. The van der Waals surface area contributed by atoms with E-state index in [0.717, 1.165) is 35.1 Å². The molecule has 0 amide bonds. The van der Waals surface area contributed by atoms with Crippen LogP contribution < -0.4 is 9.47 Å². The molecule has 0 aliphatic rings.